The van der Waals surface area contributed by atoms with E-state index in [9.17, 15) is 14.4 Å². The second kappa shape index (κ2) is 8.14. The molecule has 0 aliphatic rings. The fourth-order valence-corrected chi connectivity index (χ4v) is 2.91. The average molecular weight is 432 g/mol. The number of primary amides is 1. The van der Waals surface area contributed by atoms with Crippen molar-refractivity contribution in [1.29, 1.82) is 0 Å². The third-order valence-electron chi connectivity index (χ3n) is 4.46. The molecule has 0 aliphatic heterocycles. The molecule has 4 aromatic rings. The summed E-state index contributed by atoms with van der Waals surface area (Å²) in [5.74, 6) is -2.31. The average Bonchev–Trinajstić information content (AvgIpc) is 3.42. The van der Waals surface area contributed by atoms with Crippen LogP contribution in [0.15, 0.2) is 59.5 Å². The third kappa shape index (κ3) is 4.07. The Kier molecular flexibility index (Phi) is 5.21. The molecular formula is C21H16N6O5. The molecule has 1 aromatic carbocycles. The van der Waals surface area contributed by atoms with Gasteiger partial charge in [0.1, 0.15) is 6.26 Å². The predicted octanol–water partition coefficient (Wildman–Crippen LogP) is 2.28. The number of carbonyl (C=O) groups excluding carboxylic acids is 2. The van der Waals surface area contributed by atoms with E-state index in [2.05, 4.69) is 20.4 Å². The monoisotopic (exact) mass is 432 g/mol. The van der Waals surface area contributed by atoms with Crippen LogP contribution in [0.4, 0.5) is 5.69 Å². The molecule has 0 fully saturated rings. The van der Waals surface area contributed by atoms with Gasteiger partial charge in [0.2, 0.25) is 5.89 Å². The van der Waals surface area contributed by atoms with Gasteiger partial charge in [-0.05, 0) is 43.3 Å². The number of aromatic carboxylic acids is 1. The molecule has 3 heterocycles. The lowest BCUT2D eigenvalue weighted by Crippen LogP contribution is -2.18. The molecule has 3 aromatic heterocycles. The van der Waals surface area contributed by atoms with E-state index >= 15 is 0 Å². The number of oxazole rings is 1. The number of pyridine rings is 1. The molecule has 0 bridgehead atoms. The number of hydrogen-bond donors (Lipinski definition) is 3. The molecule has 11 heteroatoms. The predicted molar refractivity (Wildman–Crippen MR) is 111 cm³/mol. The number of aryl methyl sites for hydroxylation is 1. The zero-order chi connectivity index (χ0) is 22.8. The number of benzene rings is 1. The van der Waals surface area contributed by atoms with E-state index < -0.39 is 17.8 Å². The minimum Gasteiger partial charge on any atom is -0.478 e. The molecule has 0 saturated carbocycles. The molecule has 4 N–H and O–H groups in total. The van der Waals surface area contributed by atoms with Crippen LogP contribution < -0.4 is 11.1 Å². The van der Waals surface area contributed by atoms with Gasteiger partial charge >= 0.3 is 5.97 Å². The van der Waals surface area contributed by atoms with Gasteiger partial charge in [-0.2, -0.15) is 5.10 Å². The highest BCUT2D eigenvalue weighted by atomic mass is 16.4. The SMILES string of the molecule is Cc1cc(-c2nc(C(=O)Nc3cn(-c4ccc(C(=O)O)cc4)nc3C(N)=O)co2)ccn1. The Morgan fingerprint density at radius 1 is 1.16 bits per heavy atom. The quantitative estimate of drug-likeness (QED) is 0.417. The Morgan fingerprint density at radius 2 is 1.91 bits per heavy atom. The number of nitrogens with one attached hydrogen (secondary N) is 1. The number of amides is 2. The van der Waals surface area contributed by atoms with Gasteiger partial charge in [-0.3, -0.25) is 14.6 Å². The fourth-order valence-electron chi connectivity index (χ4n) is 2.91. The zero-order valence-corrected chi connectivity index (χ0v) is 16.6. The number of nitrogens with zero attached hydrogens (tertiary/aromatic N) is 4. The summed E-state index contributed by atoms with van der Waals surface area (Å²) in [6.45, 7) is 1.82. The summed E-state index contributed by atoms with van der Waals surface area (Å²) in [5.41, 5.74) is 7.26. The number of carbonyl (C=O) groups is 3. The molecule has 11 nitrogen and oxygen atoms in total. The van der Waals surface area contributed by atoms with Gasteiger partial charge in [-0.15, -0.1) is 0 Å². The van der Waals surface area contributed by atoms with Crippen molar-refractivity contribution in [1.82, 2.24) is 19.7 Å². The van der Waals surface area contributed by atoms with Crippen molar-refractivity contribution in [3.63, 3.8) is 0 Å². The van der Waals surface area contributed by atoms with E-state index in [-0.39, 0.29) is 28.5 Å². The molecule has 4 rings (SSSR count). The minimum atomic E-state index is -1.07. The van der Waals surface area contributed by atoms with Crippen molar-refractivity contribution < 1.29 is 23.9 Å². The van der Waals surface area contributed by atoms with E-state index in [1.807, 2.05) is 6.92 Å². The molecule has 0 atom stereocenters. The van der Waals surface area contributed by atoms with Gasteiger partial charge in [0.05, 0.1) is 23.1 Å². The molecule has 0 radical (unpaired) electrons. The van der Waals surface area contributed by atoms with Crippen LogP contribution in [0.1, 0.15) is 37.0 Å². The second-order valence-electron chi connectivity index (χ2n) is 6.73. The van der Waals surface area contributed by atoms with Gasteiger partial charge in [0, 0.05) is 17.5 Å². The van der Waals surface area contributed by atoms with Crippen LogP contribution in [0, 0.1) is 6.92 Å². The lowest BCUT2D eigenvalue weighted by molar-refractivity contribution is 0.0696. The Balaban J connectivity index is 1.59. The molecular weight excluding hydrogens is 416 g/mol. The second-order valence-corrected chi connectivity index (χ2v) is 6.73. The Bertz CT molecular complexity index is 1340. The maximum atomic E-state index is 12.7. The summed E-state index contributed by atoms with van der Waals surface area (Å²) in [4.78, 5) is 43.8. The summed E-state index contributed by atoms with van der Waals surface area (Å²) in [7, 11) is 0. The normalized spacial score (nSPS) is 10.7. The largest absolute Gasteiger partial charge is 0.478 e. The summed E-state index contributed by atoms with van der Waals surface area (Å²) in [6.07, 6.45) is 4.19. The van der Waals surface area contributed by atoms with Crippen LogP contribution in [-0.4, -0.2) is 42.6 Å². The van der Waals surface area contributed by atoms with Crippen molar-refractivity contribution in [2.75, 3.05) is 5.32 Å². The highest BCUT2D eigenvalue weighted by Gasteiger charge is 2.20. The van der Waals surface area contributed by atoms with Crippen LogP contribution in [0.5, 0.6) is 0 Å². The van der Waals surface area contributed by atoms with E-state index in [0.717, 1.165) is 5.69 Å². The van der Waals surface area contributed by atoms with Gasteiger partial charge in [0.25, 0.3) is 11.8 Å². The Morgan fingerprint density at radius 3 is 2.56 bits per heavy atom. The van der Waals surface area contributed by atoms with Crippen LogP contribution in [0.2, 0.25) is 0 Å². The number of nitrogens with two attached hydrogens (primary N) is 1. The van der Waals surface area contributed by atoms with E-state index in [0.29, 0.717) is 11.3 Å². The van der Waals surface area contributed by atoms with E-state index in [4.69, 9.17) is 15.3 Å². The summed E-state index contributed by atoms with van der Waals surface area (Å²) >= 11 is 0. The van der Waals surface area contributed by atoms with Crippen molar-refractivity contribution >= 4 is 23.5 Å². The molecule has 0 saturated heterocycles. The summed E-state index contributed by atoms with van der Waals surface area (Å²) < 4.78 is 6.69. The number of carboxylic acid groups (broad SMARTS) is 1. The summed E-state index contributed by atoms with van der Waals surface area (Å²) in [6, 6.07) is 9.25. The summed E-state index contributed by atoms with van der Waals surface area (Å²) in [5, 5.41) is 15.7. The lowest BCUT2D eigenvalue weighted by Gasteiger charge is -2.01. The molecule has 2 amide bonds. The van der Waals surface area contributed by atoms with E-state index in [1.54, 1.807) is 18.3 Å². The first-order valence-corrected chi connectivity index (χ1v) is 9.25. The molecule has 0 aliphatic carbocycles. The zero-order valence-electron chi connectivity index (χ0n) is 16.6. The number of hydrogen-bond acceptors (Lipinski definition) is 7. The number of aromatic nitrogens is 4. The third-order valence-corrected chi connectivity index (χ3v) is 4.46. The standard InChI is InChI=1S/C21H16N6O5/c1-11-8-13(6-7-23-11)20-25-16(10-32-20)19(29)24-15-9-27(26-17(15)18(22)28)14-4-2-12(3-5-14)21(30)31/h2-10H,1H3,(H2,22,28)(H,24,29)(H,30,31). The van der Waals surface area contributed by atoms with Crippen LogP contribution >= 0.6 is 0 Å². The van der Waals surface area contributed by atoms with Crippen molar-refractivity contribution in [3.05, 3.63) is 77.7 Å². The minimum absolute atomic E-state index is 0.0107. The number of carboxylic acids is 1. The first-order chi connectivity index (χ1) is 15.3. The first kappa shape index (κ1) is 20.5. The van der Waals surface area contributed by atoms with Crippen molar-refractivity contribution in [2.24, 2.45) is 5.73 Å². The number of rotatable bonds is 6. The Labute approximate surface area is 180 Å². The molecule has 0 unspecified atom stereocenters. The van der Waals surface area contributed by atoms with Crippen molar-refractivity contribution in [2.45, 2.75) is 6.92 Å². The Hall–Kier alpha value is -4.80. The highest BCUT2D eigenvalue weighted by Crippen LogP contribution is 2.21. The first-order valence-electron chi connectivity index (χ1n) is 9.25. The highest BCUT2D eigenvalue weighted by molar-refractivity contribution is 6.07. The van der Waals surface area contributed by atoms with Gasteiger partial charge < -0.3 is 20.6 Å². The maximum Gasteiger partial charge on any atom is 0.335 e. The molecule has 160 valence electrons. The van der Waals surface area contributed by atoms with E-state index in [1.165, 1.54) is 41.4 Å². The van der Waals surface area contributed by atoms with Crippen LogP contribution in [0.3, 0.4) is 0 Å². The molecule has 0 spiro atoms. The van der Waals surface area contributed by atoms with Crippen LogP contribution in [-0.2, 0) is 0 Å². The lowest BCUT2D eigenvalue weighted by atomic mass is 10.2. The van der Waals surface area contributed by atoms with Crippen LogP contribution in [0.25, 0.3) is 17.1 Å². The maximum absolute atomic E-state index is 12.7. The van der Waals surface area contributed by atoms with Gasteiger partial charge in [-0.1, -0.05) is 0 Å². The van der Waals surface area contributed by atoms with Gasteiger partial charge in [0.15, 0.2) is 11.4 Å². The smallest absolute Gasteiger partial charge is 0.335 e. The number of anilines is 1. The fraction of sp³-hybridized carbons (Fsp3) is 0.0476. The molecule has 32 heavy (non-hydrogen) atoms. The van der Waals surface area contributed by atoms with Crippen molar-refractivity contribution in [3.8, 4) is 17.1 Å². The van der Waals surface area contributed by atoms with Gasteiger partial charge in [-0.25, -0.2) is 14.5 Å². The topological polar surface area (TPSA) is 166 Å².